The maximum Gasteiger partial charge on any atom is 0.123 e. The van der Waals surface area contributed by atoms with E-state index in [1.807, 2.05) is 0 Å². The molecule has 0 unspecified atom stereocenters. The van der Waals surface area contributed by atoms with E-state index in [1.54, 1.807) is 0 Å². The van der Waals surface area contributed by atoms with Crippen LogP contribution in [-0.2, 0) is 43.3 Å². The van der Waals surface area contributed by atoms with Crippen LogP contribution in [0.5, 0.6) is 23.0 Å². The number of phenolic OH excluding ortho intramolecular Hbond substituents is 4. The first kappa shape index (κ1) is 58.0. The Bertz CT molecular complexity index is 2970. The average molecular weight is 1020 g/mol. The van der Waals surface area contributed by atoms with Gasteiger partial charge in [-0.15, -0.1) is 0 Å². The lowest BCUT2D eigenvalue weighted by Gasteiger charge is -2.33. The lowest BCUT2D eigenvalue weighted by molar-refractivity contribution is 0.428. The first-order valence-electron chi connectivity index (χ1n) is 27.9. The van der Waals surface area contributed by atoms with E-state index in [9.17, 15) is 20.4 Å². The minimum absolute atomic E-state index is 0.231. The van der Waals surface area contributed by atoms with Crippen molar-refractivity contribution >= 4 is 21.5 Å². The van der Waals surface area contributed by atoms with Gasteiger partial charge >= 0.3 is 0 Å². The predicted molar refractivity (Wildman–Crippen MR) is 325 cm³/mol. The maximum atomic E-state index is 13.0. The lowest BCUT2D eigenvalue weighted by atomic mass is 9.71. The van der Waals surface area contributed by atoms with Crippen molar-refractivity contribution in [2.75, 3.05) is 0 Å². The fourth-order valence-corrected chi connectivity index (χ4v) is 11.1. The molecule has 7 aromatic rings. The summed E-state index contributed by atoms with van der Waals surface area (Å²) in [7, 11) is 0. The Labute approximate surface area is 459 Å². The number of rotatable bonds is 6. The molecule has 0 bridgehead atoms. The molecule has 4 nitrogen and oxygen atoms in total. The van der Waals surface area contributed by atoms with Gasteiger partial charge in [-0.05, 0) is 133 Å². The maximum absolute atomic E-state index is 13.0. The molecule has 4 N–H and O–H groups in total. The molecule has 0 amide bonds. The molecule has 0 aromatic heterocycles. The predicted octanol–water partition coefficient (Wildman–Crippen LogP) is 19.6. The number of hydrogen-bond donors (Lipinski definition) is 4. The number of phenols is 4. The molecule has 0 radical (unpaired) electrons. The zero-order valence-corrected chi connectivity index (χ0v) is 51.2. The first-order valence-corrected chi connectivity index (χ1v) is 27.9. The van der Waals surface area contributed by atoms with E-state index in [-0.39, 0.29) is 44.7 Å². The van der Waals surface area contributed by atoms with Crippen molar-refractivity contribution in [1.29, 1.82) is 0 Å². The summed E-state index contributed by atoms with van der Waals surface area (Å²) in [5, 5.41) is 56.0. The van der Waals surface area contributed by atoms with Crippen LogP contribution in [0.2, 0.25) is 0 Å². The van der Waals surface area contributed by atoms with Crippen LogP contribution in [0.3, 0.4) is 0 Å². The van der Waals surface area contributed by atoms with Crippen LogP contribution in [0.1, 0.15) is 256 Å². The second-order valence-corrected chi connectivity index (χ2v) is 30.7. The SMILES string of the molecule is CC(C)(C)c1cc(C(c2cc(C(C)(C)C)cc(C(C)(C)C)c2O)c2cccc3cc4cccc(C(c5cc(C(C)(C)C)cc(C(C)(C)C)c5O)c5cc(C(C)(C)C)cc(C(C)(C)C)c5O)c4cc23)c(O)c(C(C)(C)C)c1. The quantitative estimate of drug-likeness (QED) is 0.0988. The number of fused-ring (bicyclic) bond motifs is 2. The Morgan fingerprint density at radius 3 is 0.671 bits per heavy atom. The molecule has 0 fully saturated rings. The highest BCUT2D eigenvalue weighted by molar-refractivity contribution is 6.02. The topological polar surface area (TPSA) is 80.9 Å². The molecule has 7 rings (SSSR count). The minimum Gasteiger partial charge on any atom is -0.507 e. The molecule has 76 heavy (non-hydrogen) atoms. The van der Waals surface area contributed by atoms with Crippen LogP contribution < -0.4 is 0 Å². The molecule has 406 valence electrons. The lowest BCUT2D eigenvalue weighted by Crippen LogP contribution is -2.21. The molecule has 0 atom stereocenters. The summed E-state index contributed by atoms with van der Waals surface area (Å²) in [4.78, 5) is 0. The summed E-state index contributed by atoms with van der Waals surface area (Å²) >= 11 is 0. The van der Waals surface area contributed by atoms with E-state index in [0.29, 0.717) is 0 Å². The highest BCUT2D eigenvalue weighted by atomic mass is 16.3. The zero-order chi connectivity index (χ0) is 57.2. The van der Waals surface area contributed by atoms with Crippen LogP contribution in [-0.4, -0.2) is 20.4 Å². The second kappa shape index (κ2) is 19.0. The van der Waals surface area contributed by atoms with Gasteiger partial charge in [-0.3, -0.25) is 0 Å². The van der Waals surface area contributed by atoms with Crippen molar-refractivity contribution in [3.05, 3.63) is 175 Å². The summed E-state index contributed by atoms with van der Waals surface area (Å²) in [6.45, 7) is 52.6. The molecule has 0 aliphatic heterocycles. The van der Waals surface area contributed by atoms with Crippen molar-refractivity contribution in [3.63, 3.8) is 0 Å². The largest absolute Gasteiger partial charge is 0.507 e. The van der Waals surface area contributed by atoms with Crippen LogP contribution in [0.4, 0.5) is 0 Å². The van der Waals surface area contributed by atoms with Crippen LogP contribution in [0.15, 0.2) is 97.1 Å². The summed E-state index contributed by atoms with van der Waals surface area (Å²) < 4.78 is 0. The van der Waals surface area contributed by atoms with E-state index in [2.05, 4.69) is 263 Å². The third-order valence-electron chi connectivity index (χ3n) is 16.1. The van der Waals surface area contributed by atoms with Crippen molar-refractivity contribution < 1.29 is 20.4 Å². The second-order valence-electron chi connectivity index (χ2n) is 30.7. The van der Waals surface area contributed by atoms with Gasteiger partial charge in [0.1, 0.15) is 23.0 Å². The highest BCUT2D eigenvalue weighted by Crippen LogP contribution is 2.54. The number of benzene rings is 7. The summed E-state index contributed by atoms with van der Waals surface area (Å²) in [6.07, 6.45) is 0. The van der Waals surface area contributed by atoms with Gasteiger partial charge in [0.05, 0.1) is 0 Å². The van der Waals surface area contributed by atoms with Crippen LogP contribution >= 0.6 is 0 Å². The van der Waals surface area contributed by atoms with Crippen molar-refractivity contribution in [3.8, 4) is 23.0 Å². The van der Waals surface area contributed by atoms with Crippen molar-refractivity contribution in [1.82, 2.24) is 0 Å². The minimum atomic E-state index is -0.611. The highest BCUT2D eigenvalue weighted by Gasteiger charge is 2.37. The Hall–Kier alpha value is -5.74. The van der Waals surface area contributed by atoms with Gasteiger partial charge in [-0.25, -0.2) is 0 Å². The van der Waals surface area contributed by atoms with Gasteiger partial charge in [0.15, 0.2) is 0 Å². The Morgan fingerprint density at radius 2 is 0.474 bits per heavy atom. The summed E-state index contributed by atoms with van der Waals surface area (Å²) in [5.74, 6) is -0.298. The molecule has 0 aliphatic rings. The van der Waals surface area contributed by atoms with Gasteiger partial charge < -0.3 is 20.4 Å². The van der Waals surface area contributed by atoms with Gasteiger partial charge in [-0.1, -0.05) is 251 Å². The molecule has 0 heterocycles. The third kappa shape index (κ3) is 11.2. The van der Waals surface area contributed by atoms with E-state index < -0.39 is 33.5 Å². The number of hydrogen-bond acceptors (Lipinski definition) is 4. The molecule has 0 aliphatic carbocycles. The third-order valence-corrected chi connectivity index (χ3v) is 16.1. The molecule has 0 saturated carbocycles. The average Bonchev–Trinajstić information content (AvgIpc) is 3.24. The first-order chi connectivity index (χ1) is 34.4. The molecular weight excluding hydrogens is 929 g/mol. The van der Waals surface area contributed by atoms with Crippen molar-refractivity contribution in [2.45, 2.75) is 221 Å². The summed E-state index contributed by atoms with van der Waals surface area (Å²) in [6, 6.07) is 34.9. The Balaban J connectivity index is 1.74. The zero-order valence-electron chi connectivity index (χ0n) is 51.2. The molecule has 4 heteroatoms. The van der Waals surface area contributed by atoms with E-state index in [1.165, 1.54) is 0 Å². The monoisotopic (exact) mass is 1020 g/mol. The van der Waals surface area contributed by atoms with Gasteiger partial charge in [-0.2, -0.15) is 0 Å². The standard InChI is InChI=1S/C72H94O4/c1-65(2,3)43-32-51(61(73)55(36-43)69(13,14)15)59(52-33-44(66(4,5)6)37-56(62(52)74)70(16,17)18)47-29-25-27-41-31-42-28-26-30-48(50(42)40-49(41)47)60(53-34-45(67(7,8)9)38-57(63(53)75)71(19,20)21)54-35-46(68(10,11)12)39-58(64(54)76)72(22,23)24/h25-40,59-60,73-76H,1-24H3. The van der Waals surface area contributed by atoms with Gasteiger partial charge in [0.2, 0.25) is 0 Å². The van der Waals surface area contributed by atoms with Crippen molar-refractivity contribution in [2.24, 2.45) is 0 Å². The normalized spacial score (nSPS) is 13.7. The van der Waals surface area contributed by atoms with E-state index in [4.69, 9.17) is 0 Å². The van der Waals surface area contributed by atoms with Gasteiger partial charge in [0.25, 0.3) is 0 Å². The van der Waals surface area contributed by atoms with E-state index in [0.717, 1.165) is 99.4 Å². The number of aromatic hydroxyl groups is 4. The van der Waals surface area contributed by atoms with Gasteiger partial charge in [0, 0.05) is 34.1 Å². The molecule has 0 saturated heterocycles. The van der Waals surface area contributed by atoms with E-state index >= 15 is 0 Å². The summed E-state index contributed by atoms with van der Waals surface area (Å²) in [5.41, 5.74) is 10.1. The Morgan fingerprint density at radius 1 is 0.250 bits per heavy atom. The fraction of sp³-hybridized carbons (Fsp3) is 0.472. The Kier molecular flexibility index (Phi) is 14.5. The molecule has 7 aromatic carbocycles. The van der Waals surface area contributed by atoms with Crippen LogP contribution in [0, 0.1) is 0 Å². The van der Waals surface area contributed by atoms with Crippen LogP contribution in [0.25, 0.3) is 21.5 Å². The smallest absolute Gasteiger partial charge is 0.123 e. The molecule has 0 spiro atoms. The fourth-order valence-electron chi connectivity index (χ4n) is 11.1. The molecular formula is C72H94O4.